The predicted octanol–water partition coefficient (Wildman–Crippen LogP) is 3.98. The summed E-state index contributed by atoms with van der Waals surface area (Å²) in [6.45, 7) is 10.0. The van der Waals surface area contributed by atoms with Crippen LogP contribution in [0, 0.1) is 6.92 Å². The highest BCUT2D eigenvalue weighted by atomic mass is 16.5. The molecule has 0 aromatic carbocycles. The molecule has 21 heavy (non-hydrogen) atoms. The van der Waals surface area contributed by atoms with Gasteiger partial charge in [0.15, 0.2) is 5.82 Å². The number of hydrogen-bond donors (Lipinski definition) is 1. The second-order valence-corrected chi connectivity index (χ2v) is 5.83. The molecule has 1 aromatic heterocycles. The Morgan fingerprint density at radius 3 is 2.38 bits per heavy atom. The van der Waals surface area contributed by atoms with Gasteiger partial charge in [0.25, 0.3) is 0 Å². The Bertz CT molecular complexity index is 462. The second kappa shape index (κ2) is 7.21. The summed E-state index contributed by atoms with van der Waals surface area (Å²) in [6, 6.07) is 0. The number of anilines is 1. The van der Waals surface area contributed by atoms with Crippen LogP contribution in [0.15, 0.2) is 0 Å². The number of hydrogen-bond acceptors (Lipinski definition) is 4. The maximum Gasteiger partial charge on any atom is 0.162 e. The molecule has 1 fully saturated rings. The van der Waals surface area contributed by atoms with Crippen LogP contribution >= 0.6 is 0 Å². The van der Waals surface area contributed by atoms with Crippen molar-refractivity contribution in [2.45, 2.75) is 71.8 Å². The minimum Gasteiger partial charge on any atom is -0.370 e. The van der Waals surface area contributed by atoms with Crippen LogP contribution in [0.25, 0.3) is 0 Å². The van der Waals surface area contributed by atoms with Crippen LogP contribution in [-0.4, -0.2) is 23.1 Å². The van der Waals surface area contributed by atoms with E-state index in [1.54, 1.807) is 0 Å². The lowest BCUT2D eigenvalue weighted by Gasteiger charge is -2.36. The van der Waals surface area contributed by atoms with Gasteiger partial charge < -0.3 is 10.1 Å². The maximum atomic E-state index is 6.17. The summed E-state index contributed by atoms with van der Waals surface area (Å²) in [6.07, 6.45) is 6.73. The minimum absolute atomic E-state index is 0.270. The highest BCUT2D eigenvalue weighted by molar-refractivity contribution is 5.47. The van der Waals surface area contributed by atoms with E-state index in [9.17, 15) is 0 Å². The highest BCUT2D eigenvalue weighted by Gasteiger charge is 2.38. The van der Waals surface area contributed by atoms with Gasteiger partial charge in [0.05, 0.1) is 0 Å². The molecule has 0 spiro atoms. The Morgan fingerprint density at radius 2 is 1.81 bits per heavy atom. The molecule has 0 bridgehead atoms. The van der Waals surface area contributed by atoms with Crippen LogP contribution in [0.4, 0.5) is 5.82 Å². The van der Waals surface area contributed by atoms with Crippen LogP contribution in [0.5, 0.6) is 0 Å². The first-order chi connectivity index (χ1) is 10.2. The number of aryl methyl sites for hydroxylation is 1. The summed E-state index contributed by atoms with van der Waals surface area (Å²) in [5.74, 6) is 1.88. The Kier molecular flexibility index (Phi) is 5.57. The SMILES string of the molecule is CCNc1nc(C2(OCC)CCCCC2)nc(C)c1CC. The normalized spacial score (nSPS) is 17.7. The van der Waals surface area contributed by atoms with Crippen molar-refractivity contribution in [2.75, 3.05) is 18.5 Å². The molecular formula is C17H29N3O. The molecule has 118 valence electrons. The van der Waals surface area contributed by atoms with Crippen molar-refractivity contribution in [2.24, 2.45) is 0 Å². The van der Waals surface area contributed by atoms with E-state index >= 15 is 0 Å². The van der Waals surface area contributed by atoms with Gasteiger partial charge in [-0.15, -0.1) is 0 Å². The topological polar surface area (TPSA) is 47.0 Å². The molecule has 4 heteroatoms. The van der Waals surface area contributed by atoms with E-state index in [2.05, 4.69) is 33.0 Å². The number of ether oxygens (including phenoxy) is 1. The zero-order chi connectivity index (χ0) is 15.3. The fraction of sp³-hybridized carbons (Fsp3) is 0.765. The molecule has 0 aliphatic heterocycles. The zero-order valence-electron chi connectivity index (χ0n) is 14.0. The van der Waals surface area contributed by atoms with Crippen LogP contribution in [-0.2, 0) is 16.8 Å². The molecule has 1 aliphatic rings. The van der Waals surface area contributed by atoms with E-state index in [0.29, 0.717) is 6.61 Å². The second-order valence-electron chi connectivity index (χ2n) is 5.83. The largest absolute Gasteiger partial charge is 0.370 e. The number of nitrogens with one attached hydrogen (secondary N) is 1. The van der Waals surface area contributed by atoms with E-state index in [1.165, 1.54) is 24.8 Å². The van der Waals surface area contributed by atoms with Crippen molar-refractivity contribution in [3.8, 4) is 0 Å². The molecular weight excluding hydrogens is 262 g/mol. The van der Waals surface area contributed by atoms with Crippen LogP contribution in [0.3, 0.4) is 0 Å². The Morgan fingerprint density at radius 1 is 1.10 bits per heavy atom. The third kappa shape index (κ3) is 3.37. The average Bonchev–Trinajstić information content (AvgIpc) is 2.48. The summed E-state index contributed by atoms with van der Waals surface area (Å²) < 4.78 is 6.17. The molecule has 1 saturated carbocycles. The zero-order valence-corrected chi connectivity index (χ0v) is 14.0. The van der Waals surface area contributed by atoms with Crippen molar-refractivity contribution < 1.29 is 4.74 Å². The molecule has 0 saturated heterocycles. The summed E-state index contributed by atoms with van der Waals surface area (Å²) >= 11 is 0. The highest BCUT2D eigenvalue weighted by Crippen LogP contribution is 2.39. The molecule has 1 N–H and O–H groups in total. The fourth-order valence-corrected chi connectivity index (χ4v) is 3.37. The monoisotopic (exact) mass is 291 g/mol. The van der Waals surface area contributed by atoms with Gasteiger partial charge in [-0.2, -0.15) is 0 Å². The molecule has 0 atom stereocenters. The molecule has 1 aromatic rings. The van der Waals surface area contributed by atoms with E-state index < -0.39 is 0 Å². The third-order valence-electron chi connectivity index (χ3n) is 4.40. The van der Waals surface area contributed by atoms with Gasteiger partial charge in [0, 0.05) is 24.4 Å². The van der Waals surface area contributed by atoms with Gasteiger partial charge in [-0.05, 0) is 40.0 Å². The van der Waals surface area contributed by atoms with Crippen LogP contribution < -0.4 is 5.32 Å². The van der Waals surface area contributed by atoms with Crippen LogP contribution in [0.1, 0.15) is 70.0 Å². The number of rotatable bonds is 6. The maximum absolute atomic E-state index is 6.17. The molecule has 1 aliphatic carbocycles. The molecule has 4 nitrogen and oxygen atoms in total. The van der Waals surface area contributed by atoms with E-state index in [-0.39, 0.29) is 5.60 Å². The van der Waals surface area contributed by atoms with Crippen LogP contribution in [0.2, 0.25) is 0 Å². The van der Waals surface area contributed by atoms with Gasteiger partial charge in [0.2, 0.25) is 0 Å². The predicted molar refractivity (Wildman–Crippen MR) is 86.7 cm³/mol. The first-order valence-corrected chi connectivity index (χ1v) is 8.42. The molecule has 1 heterocycles. The first-order valence-electron chi connectivity index (χ1n) is 8.42. The minimum atomic E-state index is -0.270. The van der Waals surface area contributed by atoms with Crippen molar-refractivity contribution in [1.82, 2.24) is 9.97 Å². The van der Waals surface area contributed by atoms with Gasteiger partial charge in [-0.25, -0.2) is 9.97 Å². The number of aromatic nitrogens is 2. The summed E-state index contributed by atoms with van der Waals surface area (Å²) in [4.78, 5) is 9.69. The molecule has 2 rings (SSSR count). The van der Waals surface area contributed by atoms with E-state index in [1.807, 2.05) is 0 Å². The van der Waals surface area contributed by atoms with Gasteiger partial charge in [0.1, 0.15) is 11.4 Å². The Balaban J connectivity index is 2.45. The molecule has 0 amide bonds. The van der Waals surface area contributed by atoms with Crippen molar-refractivity contribution in [1.29, 1.82) is 0 Å². The van der Waals surface area contributed by atoms with E-state index in [4.69, 9.17) is 14.7 Å². The Labute approximate surface area is 128 Å². The standard InChI is InChI=1S/C17H29N3O/c1-5-14-13(4)19-16(20-15(14)18-6-2)17(21-7-3)11-9-8-10-12-17/h5-12H2,1-4H3,(H,18,19,20). The molecule has 0 unspecified atom stereocenters. The quantitative estimate of drug-likeness (QED) is 0.861. The lowest BCUT2D eigenvalue weighted by molar-refractivity contribution is -0.0767. The average molecular weight is 291 g/mol. The lowest BCUT2D eigenvalue weighted by Crippen LogP contribution is -2.35. The van der Waals surface area contributed by atoms with E-state index in [0.717, 1.165) is 43.1 Å². The molecule has 0 radical (unpaired) electrons. The van der Waals surface area contributed by atoms with Crippen molar-refractivity contribution in [3.63, 3.8) is 0 Å². The van der Waals surface area contributed by atoms with Gasteiger partial charge in [-0.1, -0.05) is 26.2 Å². The summed E-state index contributed by atoms with van der Waals surface area (Å²) in [5, 5.41) is 3.40. The summed E-state index contributed by atoms with van der Waals surface area (Å²) in [5.41, 5.74) is 2.04. The lowest BCUT2D eigenvalue weighted by atomic mass is 9.83. The van der Waals surface area contributed by atoms with Crippen molar-refractivity contribution >= 4 is 5.82 Å². The number of nitrogens with zero attached hydrogens (tertiary/aromatic N) is 2. The summed E-state index contributed by atoms with van der Waals surface area (Å²) in [7, 11) is 0. The van der Waals surface area contributed by atoms with Gasteiger partial charge >= 0.3 is 0 Å². The van der Waals surface area contributed by atoms with Crippen molar-refractivity contribution in [3.05, 3.63) is 17.1 Å². The smallest absolute Gasteiger partial charge is 0.162 e. The Hall–Kier alpha value is -1.16. The third-order valence-corrected chi connectivity index (χ3v) is 4.40. The van der Waals surface area contributed by atoms with Gasteiger partial charge in [-0.3, -0.25) is 0 Å². The first kappa shape index (κ1) is 16.2. The fourth-order valence-electron chi connectivity index (χ4n) is 3.37.